The molecule has 3 aromatic rings. The highest BCUT2D eigenvalue weighted by atomic mass is 79.9. The normalized spacial score (nSPS) is 12.6. The number of aliphatic hydroxyl groups is 1. The molecule has 1 nitrogen and oxygen atoms in total. The van der Waals surface area contributed by atoms with Crippen molar-refractivity contribution in [2.45, 2.75) is 13.0 Å². The van der Waals surface area contributed by atoms with E-state index in [1.807, 2.05) is 43.3 Å². The number of rotatable bonds is 2. The molecule has 100 valence electrons. The summed E-state index contributed by atoms with van der Waals surface area (Å²) in [6.45, 7) is 2.02. The van der Waals surface area contributed by atoms with E-state index in [1.54, 1.807) is 0 Å². The number of benzene rings is 3. The van der Waals surface area contributed by atoms with E-state index in [9.17, 15) is 5.11 Å². The van der Waals surface area contributed by atoms with E-state index in [-0.39, 0.29) is 0 Å². The van der Waals surface area contributed by atoms with E-state index >= 15 is 0 Å². The highest BCUT2D eigenvalue weighted by Gasteiger charge is 2.14. The van der Waals surface area contributed by atoms with Gasteiger partial charge in [-0.2, -0.15) is 0 Å². The molecule has 2 heteroatoms. The van der Waals surface area contributed by atoms with E-state index in [1.165, 1.54) is 5.39 Å². The summed E-state index contributed by atoms with van der Waals surface area (Å²) in [5.41, 5.74) is 2.94. The van der Waals surface area contributed by atoms with Crippen LogP contribution in [0.2, 0.25) is 0 Å². The van der Waals surface area contributed by atoms with Crippen molar-refractivity contribution in [1.29, 1.82) is 0 Å². The Morgan fingerprint density at radius 1 is 0.900 bits per heavy atom. The van der Waals surface area contributed by atoms with E-state index < -0.39 is 6.10 Å². The largest absolute Gasteiger partial charge is 0.384 e. The maximum absolute atomic E-state index is 10.6. The molecule has 3 rings (SSSR count). The van der Waals surface area contributed by atoms with Crippen LogP contribution < -0.4 is 0 Å². The lowest BCUT2D eigenvalue weighted by Gasteiger charge is -2.15. The summed E-state index contributed by atoms with van der Waals surface area (Å²) in [6.07, 6.45) is -0.600. The van der Waals surface area contributed by atoms with Crippen molar-refractivity contribution in [2.24, 2.45) is 0 Å². The van der Waals surface area contributed by atoms with Crippen molar-refractivity contribution >= 4 is 26.7 Å². The Morgan fingerprint density at radius 2 is 1.65 bits per heavy atom. The number of hydrogen-bond acceptors (Lipinski definition) is 1. The third kappa shape index (κ3) is 2.37. The van der Waals surface area contributed by atoms with Gasteiger partial charge >= 0.3 is 0 Å². The van der Waals surface area contributed by atoms with Crippen LogP contribution in [0.25, 0.3) is 10.8 Å². The van der Waals surface area contributed by atoms with Crippen LogP contribution in [0, 0.1) is 6.92 Å². The van der Waals surface area contributed by atoms with Gasteiger partial charge in [-0.25, -0.2) is 0 Å². The van der Waals surface area contributed by atoms with Crippen molar-refractivity contribution in [3.8, 4) is 0 Å². The van der Waals surface area contributed by atoms with Gasteiger partial charge in [0.2, 0.25) is 0 Å². The van der Waals surface area contributed by atoms with Crippen molar-refractivity contribution in [1.82, 2.24) is 0 Å². The van der Waals surface area contributed by atoms with Gasteiger partial charge in [0.25, 0.3) is 0 Å². The molecule has 0 heterocycles. The van der Waals surface area contributed by atoms with Gasteiger partial charge in [-0.05, 0) is 46.5 Å². The SMILES string of the molecule is Cc1c(Br)cccc1C(O)c1ccc2ccccc2c1. The van der Waals surface area contributed by atoms with Gasteiger partial charge in [0.1, 0.15) is 6.10 Å². The fraction of sp³-hybridized carbons (Fsp3) is 0.111. The van der Waals surface area contributed by atoms with Crippen molar-refractivity contribution in [3.05, 3.63) is 81.8 Å². The van der Waals surface area contributed by atoms with Gasteiger partial charge in [0.05, 0.1) is 0 Å². The Kier molecular flexibility index (Phi) is 3.60. The standard InChI is InChI=1S/C18H15BrO/c1-12-16(7-4-8-17(12)19)18(20)15-10-9-13-5-2-3-6-14(13)11-15/h2-11,18,20H,1H3. The fourth-order valence-corrected chi connectivity index (χ4v) is 2.86. The van der Waals surface area contributed by atoms with Gasteiger partial charge < -0.3 is 5.11 Å². The zero-order valence-corrected chi connectivity index (χ0v) is 12.8. The summed E-state index contributed by atoms with van der Waals surface area (Å²) >= 11 is 3.52. The Bertz CT molecular complexity index is 764. The van der Waals surface area contributed by atoms with Crippen LogP contribution in [0.5, 0.6) is 0 Å². The molecule has 0 saturated heterocycles. The number of fused-ring (bicyclic) bond motifs is 1. The molecule has 1 N–H and O–H groups in total. The predicted octanol–water partition coefficient (Wildman–Crippen LogP) is 4.99. The zero-order chi connectivity index (χ0) is 14.1. The molecule has 0 aliphatic carbocycles. The Morgan fingerprint density at radius 3 is 2.45 bits per heavy atom. The van der Waals surface area contributed by atoms with E-state index in [2.05, 4.69) is 40.2 Å². The van der Waals surface area contributed by atoms with Crippen LogP contribution in [0.4, 0.5) is 0 Å². The lowest BCUT2D eigenvalue weighted by atomic mass is 9.96. The van der Waals surface area contributed by atoms with Gasteiger partial charge in [-0.15, -0.1) is 0 Å². The molecule has 3 aromatic carbocycles. The second kappa shape index (κ2) is 5.39. The highest BCUT2D eigenvalue weighted by Crippen LogP contribution is 2.30. The van der Waals surface area contributed by atoms with Crippen LogP contribution in [0.1, 0.15) is 22.8 Å². The molecule has 0 spiro atoms. The van der Waals surface area contributed by atoms with Crippen LogP contribution >= 0.6 is 15.9 Å². The summed E-state index contributed by atoms with van der Waals surface area (Å²) in [7, 11) is 0. The lowest BCUT2D eigenvalue weighted by molar-refractivity contribution is 0.219. The van der Waals surface area contributed by atoms with Gasteiger partial charge in [-0.1, -0.05) is 64.5 Å². The van der Waals surface area contributed by atoms with Crippen molar-refractivity contribution in [3.63, 3.8) is 0 Å². The molecule has 20 heavy (non-hydrogen) atoms. The first kappa shape index (κ1) is 13.3. The summed E-state index contributed by atoms with van der Waals surface area (Å²) in [5.74, 6) is 0. The van der Waals surface area contributed by atoms with Crippen molar-refractivity contribution < 1.29 is 5.11 Å². The summed E-state index contributed by atoms with van der Waals surface area (Å²) in [4.78, 5) is 0. The van der Waals surface area contributed by atoms with Crippen LogP contribution in [-0.4, -0.2) is 5.11 Å². The maximum Gasteiger partial charge on any atom is 0.104 e. The molecule has 0 radical (unpaired) electrons. The van der Waals surface area contributed by atoms with E-state index in [0.29, 0.717) is 0 Å². The molecule has 0 aliphatic heterocycles. The van der Waals surface area contributed by atoms with Gasteiger partial charge in [0.15, 0.2) is 0 Å². The fourth-order valence-electron chi connectivity index (χ4n) is 2.48. The summed E-state index contributed by atoms with van der Waals surface area (Å²) in [5, 5.41) is 13.0. The van der Waals surface area contributed by atoms with E-state index in [0.717, 1.165) is 26.5 Å². The molecule has 0 bridgehead atoms. The van der Waals surface area contributed by atoms with Gasteiger partial charge in [0, 0.05) is 4.47 Å². The topological polar surface area (TPSA) is 20.2 Å². The number of halogens is 1. The molecule has 0 saturated carbocycles. The zero-order valence-electron chi connectivity index (χ0n) is 11.2. The average molecular weight is 327 g/mol. The Labute approximate surface area is 127 Å². The molecule has 0 aliphatic rings. The van der Waals surface area contributed by atoms with E-state index in [4.69, 9.17) is 0 Å². The third-order valence-electron chi connectivity index (χ3n) is 3.69. The molecule has 0 fully saturated rings. The first-order valence-corrected chi connectivity index (χ1v) is 7.38. The predicted molar refractivity (Wildman–Crippen MR) is 86.9 cm³/mol. The summed E-state index contributed by atoms with van der Waals surface area (Å²) < 4.78 is 1.02. The minimum atomic E-state index is -0.600. The highest BCUT2D eigenvalue weighted by molar-refractivity contribution is 9.10. The molecule has 1 atom stereocenters. The second-order valence-corrected chi connectivity index (χ2v) is 5.82. The Hall–Kier alpha value is -1.64. The van der Waals surface area contributed by atoms with Gasteiger partial charge in [-0.3, -0.25) is 0 Å². The minimum Gasteiger partial charge on any atom is -0.384 e. The minimum absolute atomic E-state index is 0.600. The molecule has 0 aromatic heterocycles. The smallest absolute Gasteiger partial charge is 0.104 e. The van der Waals surface area contributed by atoms with Crippen LogP contribution in [-0.2, 0) is 0 Å². The second-order valence-electron chi connectivity index (χ2n) is 4.96. The van der Waals surface area contributed by atoms with Crippen molar-refractivity contribution in [2.75, 3.05) is 0 Å². The average Bonchev–Trinajstić information content (AvgIpc) is 2.49. The Balaban J connectivity index is 2.08. The monoisotopic (exact) mass is 326 g/mol. The molecular formula is C18H15BrO. The summed E-state index contributed by atoms with van der Waals surface area (Å²) in [6, 6.07) is 20.2. The van der Waals surface area contributed by atoms with Crippen LogP contribution in [0.3, 0.4) is 0 Å². The number of aliphatic hydroxyl groups excluding tert-OH is 1. The molecule has 0 amide bonds. The quantitative estimate of drug-likeness (QED) is 0.703. The van der Waals surface area contributed by atoms with Crippen LogP contribution in [0.15, 0.2) is 65.1 Å². The first-order valence-electron chi connectivity index (χ1n) is 6.58. The molecular weight excluding hydrogens is 312 g/mol. The number of hydrogen-bond donors (Lipinski definition) is 1. The lowest BCUT2D eigenvalue weighted by Crippen LogP contribution is -2.02. The third-order valence-corrected chi connectivity index (χ3v) is 4.55. The maximum atomic E-state index is 10.6. The first-order chi connectivity index (χ1) is 9.66. The molecule has 1 unspecified atom stereocenters.